The lowest BCUT2D eigenvalue weighted by Crippen LogP contribution is -2.39. The fraction of sp³-hybridized carbons (Fsp3) is 0.500. The van der Waals surface area contributed by atoms with Gasteiger partial charge in [-0.1, -0.05) is 43.7 Å². The van der Waals surface area contributed by atoms with Crippen molar-refractivity contribution < 1.29 is 14.3 Å². The van der Waals surface area contributed by atoms with Crippen molar-refractivity contribution in [2.75, 3.05) is 6.54 Å². The molecule has 4 nitrogen and oxygen atoms in total. The Labute approximate surface area is 120 Å². The van der Waals surface area contributed by atoms with Gasteiger partial charge in [0.15, 0.2) is 0 Å². The second kappa shape index (κ2) is 9.13. The van der Waals surface area contributed by atoms with Gasteiger partial charge in [0.25, 0.3) is 0 Å². The van der Waals surface area contributed by atoms with Crippen LogP contribution in [0.25, 0.3) is 0 Å². The SMILES string of the molecule is CCCCN(C(=O)OCc1ccccc1)C(C)CC=O. The highest BCUT2D eigenvalue weighted by Crippen LogP contribution is 2.09. The van der Waals surface area contributed by atoms with E-state index in [-0.39, 0.29) is 18.7 Å². The zero-order valence-electron chi connectivity index (χ0n) is 12.2. The van der Waals surface area contributed by atoms with E-state index in [1.165, 1.54) is 0 Å². The molecule has 1 rings (SSSR count). The standard InChI is InChI=1S/C16H23NO3/c1-3-4-11-17(14(2)10-12-18)16(19)20-13-15-8-6-5-7-9-15/h5-9,12,14H,3-4,10-11,13H2,1-2H3. The minimum absolute atomic E-state index is 0.123. The Bertz CT molecular complexity index is 405. The minimum atomic E-state index is -0.350. The van der Waals surface area contributed by atoms with Crippen LogP contribution in [0.1, 0.15) is 38.7 Å². The molecule has 0 aliphatic carbocycles. The highest BCUT2D eigenvalue weighted by Gasteiger charge is 2.20. The van der Waals surface area contributed by atoms with Gasteiger partial charge in [0.2, 0.25) is 0 Å². The second-order valence-electron chi connectivity index (χ2n) is 4.84. The average molecular weight is 277 g/mol. The number of carbonyl (C=O) groups excluding carboxylic acids is 2. The lowest BCUT2D eigenvalue weighted by molar-refractivity contribution is -0.108. The first kappa shape index (κ1) is 16.2. The van der Waals surface area contributed by atoms with Crippen LogP contribution in [0.3, 0.4) is 0 Å². The number of benzene rings is 1. The Morgan fingerprint density at radius 3 is 2.65 bits per heavy atom. The third kappa shape index (κ3) is 5.43. The molecule has 1 aromatic carbocycles. The summed E-state index contributed by atoms with van der Waals surface area (Å²) in [5, 5.41) is 0. The normalized spacial score (nSPS) is 11.7. The molecule has 20 heavy (non-hydrogen) atoms. The molecule has 0 N–H and O–H groups in total. The smallest absolute Gasteiger partial charge is 0.410 e. The summed E-state index contributed by atoms with van der Waals surface area (Å²) >= 11 is 0. The number of ether oxygens (including phenoxy) is 1. The van der Waals surface area contributed by atoms with Crippen molar-refractivity contribution in [2.45, 2.75) is 45.8 Å². The molecule has 0 bridgehead atoms. The van der Waals surface area contributed by atoms with Crippen LogP contribution in [-0.2, 0) is 16.1 Å². The van der Waals surface area contributed by atoms with E-state index in [0.29, 0.717) is 13.0 Å². The largest absolute Gasteiger partial charge is 0.445 e. The third-order valence-electron chi connectivity index (χ3n) is 3.16. The summed E-state index contributed by atoms with van der Waals surface area (Å²) in [4.78, 5) is 24.4. The summed E-state index contributed by atoms with van der Waals surface area (Å²) in [5.74, 6) is 0. The van der Waals surface area contributed by atoms with Crippen molar-refractivity contribution in [3.63, 3.8) is 0 Å². The Kier molecular flexibility index (Phi) is 7.40. The molecule has 0 aromatic heterocycles. The Morgan fingerprint density at radius 2 is 2.05 bits per heavy atom. The number of rotatable bonds is 8. The molecule has 4 heteroatoms. The lowest BCUT2D eigenvalue weighted by atomic mass is 10.2. The first-order valence-corrected chi connectivity index (χ1v) is 7.10. The van der Waals surface area contributed by atoms with Crippen LogP contribution in [0.15, 0.2) is 30.3 Å². The number of hydrogen-bond acceptors (Lipinski definition) is 3. The van der Waals surface area contributed by atoms with E-state index in [0.717, 1.165) is 24.7 Å². The van der Waals surface area contributed by atoms with Gasteiger partial charge in [-0.15, -0.1) is 0 Å². The number of unbranched alkanes of at least 4 members (excludes halogenated alkanes) is 1. The number of amides is 1. The molecule has 0 heterocycles. The van der Waals surface area contributed by atoms with Crippen LogP contribution in [0, 0.1) is 0 Å². The van der Waals surface area contributed by atoms with Crippen LogP contribution in [-0.4, -0.2) is 29.9 Å². The van der Waals surface area contributed by atoms with E-state index in [4.69, 9.17) is 4.74 Å². The van der Waals surface area contributed by atoms with Gasteiger partial charge in [-0.2, -0.15) is 0 Å². The van der Waals surface area contributed by atoms with Crippen LogP contribution in [0.5, 0.6) is 0 Å². The quantitative estimate of drug-likeness (QED) is 0.684. The molecule has 110 valence electrons. The fourth-order valence-electron chi connectivity index (χ4n) is 1.89. The lowest BCUT2D eigenvalue weighted by Gasteiger charge is -2.27. The molecular weight excluding hydrogens is 254 g/mol. The monoisotopic (exact) mass is 277 g/mol. The van der Waals surface area contributed by atoms with Crippen LogP contribution >= 0.6 is 0 Å². The van der Waals surface area contributed by atoms with E-state index in [2.05, 4.69) is 6.92 Å². The Balaban J connectivity index is 2.55. The molecule has 0 saturated carbocycles. The second-order valence-corrected chi connectivity index (χ2v) is 4.84. The number of carbonyl (C=O) groups is 2. The van der Waals surface area contributed by atoms with Gasteiger partial charge in [0, 0.05) is 19.0 Å². The number of aldehydes is 1. The summed E-state index contributed by atoms with van der Waals surface area (Å²) in [7, 11) is 0. The maximum atomic E-state index is 12.1. The van der Waals surface area contributed by atoms with Crippen molar-refractivity contribution in [3.05, 3.63) is 35.9 Å². The summed E-state index contributed by atoms with van der Waals surface area (Å²) < 4.78 is 5.33. The maximum Gasteiger partial charge on any atom is 0.410 e. The van der Waals surface area contributed by atoms with E-state index in [1.54, 1.807) is 4.90 Å². The van der Waals surface area contributed by atoms with Crippen molar-refractivity contribution in [3.8, 4) is 0 Å². The van der Waals surface area contributed by atoms with E-state index in [1.807, 2.05) is 37.3 Å². The van der Waals surface area contributed by atoms with Gasteiger partial charge >= 0.3 is 6.09 Å². The predicted molar refractivity (Wildman–Crippen MR) is 78.4 cm³/mol. The Hall–Kier alpha value is -1.84. The summed E-state index contributed by atoms with van der Waals surface area (Å²) in [6, 6.07) is 9.45. The summed E-state index contributed by atoms with van der Waals surface area (Å²) in [5.41, 5.74) is 0.958. The van der Waals surface area contributed by atoms with Crippen LogP contribution < -0.4 is 0 Å². The van der Waals surface area contributed by atoms with Gasteiger partial charge in [-0.3, -0.25) is 0 Å². The van der Waals surface area contributed by atoms with E-state index >= 15 is 0 Å². The highest BCUT2D eigenvalue weighted by atomic mass is 16.6. The van der Waals surface area contributed by atoms with Gasteiger partial charge < -0.3 is 14.4 Å². The third-order valence-corrected chi connectivity index (χ3v) is 3.16. The zero-order valence-corrected chi connectivity index (χ0v) is 12.2. The topological polar surface area (TPSA) is 46.6 Å². The van der Waals surface area contributed by atoms with Gasteiger partial charge in [-0.05, 0) is 18.9 Å². The highest BCUT2D eigenvalue weighted by molar-refractivity contribution is 5.68. The van der Waals surface area contributed by atoms with E-state index in [9.17, 15) is 9.59 Å². The average Bonchev–Trinajstić information content (AvgIpc) is 2.47. The van der Waals surface area contributed by atoms with Gasteiger partial charge in [-0.25, -0.2) is 4.79 Å². The molecular formula is C16H23NO3. The molecule has 0 spiro atoms. The molecule has 0 aliphatic heterocycles. The number of hydrogen-bond donors (Lipinski definition) is 0. The maximum absolute atomic E-state index is 12.1. The summed E-state index contributed by atoms with van der Waals surface area (Å²) in [6.07, 6.45) is 2.73. The van der Waals surface area contributed by atoms with Gasteiger partial charge in [0.1, 0.15) is 12.9 Å². The molecule has 0 aliphatic rings. The minimum Gasteiger partial charge on any atom is -0.445 e. The van der Waals surface area contributed by atoms with Crippen molar-refractivity contribution in [1.82, 2.24) is 4.90 Å². The van der Waals surface area contributed by atoms with Crippen LogP contribution in [0.4, 0.5) is 4.79 Å². The van der Waals surface area contributed by atoms with Crippen molar-refractivity contribution in [2.24, 2.45) is 0 Å². The zero-order chi connectivity index (χ0) is 14.8. The van der Waals surface area contributed by atoms with Crippen molar-refractivity contribution >= 4 is 12.4 Å². The fourth-order valence-corrected chi connectivity index (χ4v) is 1.89. The van der Waals surface area contributed by atoms with Gasteiger partial charge in [0.05, 0.1) is 0 Å². The molecule has 0 radical (unpaired) electrons. The molecule has 1 atom stereocenters. The molecule has 0 saturated heterocycles. The van der Waals surface area contributed by atoms with Crippen LogP contribution in [0.2, 0.25) is 0 Å². The number of nitrogens with zero attached hydrogens (tertiary/aromatic N) is 1. The molecule has 1 unspecified atom stereocenters. The predicted octanol–water partition coefficient (Wildman–Crippen LogP) is 3.40. The molecule has 1 aromatic rings. The first-order chi connectivity index (χ1) is 9.69. The molecule has 0 fully saturated rings. The first-order valence-electron chi connectivity index (χ1n) is 7.10. The Morgan fingerprint density at radius 1 is 1.35 bits per heavy atom. The van der Waals surface area contributed by atoms with E-state index < -0.39 is 0 Å². The summed E-state index contributed by atoms with van der Waals surface area (Å²) in [6.45, 7) is 4.82. The molecule has 1 amide bonds. The van der Waals surface area contributed by atoms with Crippen molar-refractivity contribution in [1.29, 1.82) is 0 Å².